The molecule has 1 unspecified atom stereocenters. The van der Waals surface area contributed by atoms with Crippen molar-refractivity contribution in [1.29, 1.82) is 0 Å². The number of nitrogens with zero attached hydrogens (tertiary/aromatic N) is 1. The van der Waals surface area contributed by atoms with Gasteiger partial charge in [0.1, 0.15) is 0 Å². The number of aliphatic carboxylic acids is 1. The molecule has 0 aromatic rings. The Morgan fingerprint density at radius 1 is 1.44 bits per heavy atom. The van der Waals surface area contributed by atoms with E-state index in [0.717, 1.165) is 19.0 Å². The number of piperidine rings is 1. The van der Waals surface area contributed by atoms with Crippen LogP contribution in [0.15, 0.2) is 0 Å². The molecule has 1 heterocycles. The first-order valence-corrected chi connectivity index (χ1v) is 7.30. The number of hydrogen-bond donors (Lipinski definition) is 2. The number of hydrogen-bond acceptors (Lipinski definition) is 3. The quantitative estimate of drug-likeness (QED) is 0.695. The summed E-state index contributed by atoms with van der Waals surface area (Å²) in [6, 6.07) is 0. The van der Waals surface area contributed by atoms with Crippen molar-refractivity contribution in [1.82, 2.24) is 10.2 Å². The average molecular weight is 256 g/mol. The van der Waals surface area contributed by atoms with Crippen LogP contribution in [0, 0.1) is 11.8 Å². The molecule has 4 nitrogen and oxygen atoms in total. The Morgan fingerprint density at radius 3 is 2.78 bits per heavy atom. The van der Waals surface area contributed by atoms with Gasteiger partial charge < -0.3 is 15.3 Å². The SMILES string of the molecule is CCC(CC)CN1CCCC(CNCC(=O)O)C1. The minimum Gasteiger partial charge on any atom is -0.480 e. The number of carbonyl (C=O) groups is 1. The highest BCUT2D eigenvalue weighted by atomic mass is 16.4. The highest BCUT2D eigenvalue weighted by Crippen LogP contribution is 2.19. The van der Waals surface area contributed by atoms with Crippen LogP contribution < -0.4 is 5.32 Å². The van der Waals surface area contributed by atoms with Gasteiger partial charge in [0.15, 0.2) is 0 Å². The highest BCUT2D eigenvalue weighted by molar-refractivity contribution is 5.68. The van der Waals surface area contributed by atoms with Crippen molar-refractivity contribution in [2.45, 2.75) is 39.5 Å². The van der Waals surface area contributed by atoms with Crippen LogP contribution in [0.1, 0.15) is 39.5 Å². The molecule has 0 spiro atoms. The van der Waals surface area contributed by atoms with E-state index in [2.05, 4.69) is 24.1 Å². The average Bonchev–Trinajstić information content (AvgIpc) is 2.36. The van der Waals surface area contributed by atoms with E-state index in [-0.39, 0.29) is 6.54 Å². The van der Waals surface area contributed by atoms with Gasteiger partial charge in [-0.1, -0.05) is 26.7 Å². The van der Waals surface area contributed by atoms with Gasteiger partial charge >= 0.3 is 5.97 Å². The molecule has 1 fully saturated rings. The molecule has 0 aromatic heterocycles. The van der Waals surface area contributed by atoms with E-state index in [1.165, 1.54) is 38.8 Å². The fourth-order valence-electron chi connectivity index (χ4n) is 2.78. The normalized spacial score (nSPS) is 21.4. The monoisotopic (exact) mass is 256 g/mol. The summed E-state index contributed by atoms with van der Waals surface area (Å²) in [5.74, 6) is 0.669. The van der Waals surface area contributed by atoms with Gasteiger partial charge in [-0.25, -0.2) is 0 Å². The predicted octanol–water partition coefficient (Wildman–Crippen LogP) is 1.81. The maximum absolute atomic E-state index is 10.5. The number of carboxylic acids is 1. The zero-order valence-corrected chi connectivity index (χ0v) is 11.8. The topological polar surface area (TPSA) is 52.6 Å². The zero-order valence-electron chi connectivity index (χ0n) is 11.8. The van der Waals surface area contributed by atoms with E-state index in [1.807, 2.05) is 0 Å². The molecule has 1 rings (SSSR count). The largest absolute Gasteiger partial charge is 0.480 e. The third kappa shape index (κ3) is 5.83. The fraction of sp³-hybridized carbons (Fsp3) is 0.929. The molecule has 1 aliphatic heterocycles. The molecule has 18 heavy (non-hydrogen) atoms. The lowest BCUT2D eigenvalue weighted by Gasteiger charge is -2.34. The lowest BCUT2D eigenvalue weighted by Crippen LogP contribution is -2.42. The molecular formula is C14H28N2O2. The van der Waals surface area contributed by atoms with Crippen LogP contribution in [-0.4, -0.2) is 48.7 Å². The predicted molar refractivity (Wildman–Crippen MR) is 73.7 cm³/mol. The molecule has 2 N–H and O–H groups in total. The molecule has 0 aliphatic carbocycles. The second-order valence-corrected chi connectivity index (χ2v) is 5.47. The Kier molecular flexibility index (Phi) is 7.28. The van der Waals surface area contributed by atoms with Crippen molar-refractivity contribution >= 4 is 5.97 Å². The number of nitrogens with one attached hydrogen (secondary N) is 1. The summed E-state index contributed by atoms with van der Waals surface area (Å²) < 4.78 is 0. The van der Waals surface area contributed by atoms with Crippen LogP contribution in [0.2, 0.25) is 0 Å². The minimum absolute atomic E-state index is 0.0864. The van der Waals surface area contributed by atoms with Crippen LogP contribution in [0.25, 0.3) is 0 Å². The Balaban J connectivity index is 2.25. The Bertz CT molecular complexity index is 242. The second-order valence-electron chi connectivity index (χ2n) is 5.47. The highest BCUT2D eigenvalue weighted by Gasteiger charge is 2.21. The number of rotatable bonds is 8. The van der Waals surface area contributed by atoms with E-state index in [0.29, 0.717) is 5.92 Å². The Morgan fingerprint density at radius 2 is 2.17 bits per heavy atom. The van der Waals surface area contributed by atoms with E-state index in [1.54, 1.807) is 0 Å². The van der Waals surface area contributed by atoms with Crippen LogP contribution in [0.4, 0.5) is 0 Å². The van der Waals surface area contributed by atoms with Crippen molar-refractivity contribution in [2.75, 3.05) is 32.7 Å². The Labute approximate surface area is 111 Å². The molecule has 0 radical (unpaired) electrons. The third-order valence-corrected chi connectivity index (χ3v) is 3.98. The van der Waals surface area contributed by atoms with Gasteiger partial charge in [0.2, 0.25) is 0 Å². The summed E-state index contributed by atoms with van der Waals surface area (Å²) in [7, 11) is 0. The van der Waals surface area contributed by atoms with Crippen molar-refractivity contribution in [2.24, 2.45) is 11.8 Å². The van der Waals surface area contributed by atoms with E-state index >= 15 is 0 Å². The van der Waals surface area contributed by atoms with Crippen LogP contribution in [0.5, 0.6) is 0 Å². The zero-order chi connectivity index (χ0) is 13.4. The lowest BCUT2D eigenvalue weighted by molar-refractivity contribution is -0.136. The molecule has 1 aliphatic rings. The summed E-state index contributed by atoms with van der Waals surface area (Å²) >= 11 is 0. The minimum atomic E-state index is -0.764. The van der Waals surface area contributed by atoms with E-state index < -0.39 is 5.97 Å². The molecule has 1 saturated heterocycles. The van der Waals surface area contributed by atoms with E-state index in [4.69, 9.17) is 5.11 Å². The molecule has 0 amide bonds. The van der Waals surface area contributed by atoms with Gasteiger partial charge in [-0.2, -0.15) is 0 Å². The number of carboxylic acid groups (broad SMARTS) is 1. The fourth-order valence-corrected chi connectivity index (χ4v) is 2.78. The first-order valence-electron chi connectivity index (χ1n) is 7.30. The van der Waals surface area contributed by atoms with Crippen molar-refractivity contribution < 1.29 is 9.90 Å². The molecular weight excluding hydrogens is 228 g/mol. The third-order valence-electron chi connectivity index (χ3n) is 3.98. The summed E-state index contributed by atoms with van der Waals surface area (Å²) in [5, 5.41) is 11.6. The van der Waals surface area contributed by atoms with Gasteiger partial charge in [-0.3, -0.25) is 4.79 Å². The van der Waals surface area contributed by atoms with E-state index in [9.17, 15) is 4.79 Å². The Hall–Kier alpha value is -0.610. The van der Waals surface area contributed by atoms with Crippen LogP contribution in [-0.2, 0) is 4.79 Å². The molecule has 1 atom stereocenters. The van der Waals surface area contributed by atoms with Gasteiger partial charge in [-0.15, -0.1) is 0 Å². The molecule has 0 bridgehead atoms. The van der Waals surface area contributed by atoms with Gasteiger partial charge in [0.05, 0.1) is 6.54 Å². The first kappa shape index (κ1) is 15.4. The molecule has 0 aromatic carbocycles. The maximum atomic E-state index is 10.5. The smallest absolute Gasteiger partial charge is 0.317 e. The standard InChI is InChI=1S/C14H28N2O2/c1-3-12(4-2)10-16-7-5-6-13(11-16)8-15-9-14(17)18/h12-13,15H,3-11H2,1-2H3,(H,17,18). The first-order chi connectivity index (χ1) is 8.65. The lowest BCUT2D eigenvalue weighted by atomic mass is 9.95. The van der Waals surface area contributed by atoms with Crippen LogP contribution >= 0.6 is 0 Å². The van der Waals surface area contributed by atoms with Crippen molar-refractivity contribution in [3.8, 4) is 0 Å². The van der Waals surface area contributed by atoms with Crippen molar-refractivity contribution in [3.63, 3.8) is 0 Å². The maximum Gasteiger partial charge on any atom is 0.317 e. The van der Waals surface area contributed by atoms with Gasteiger partial charge in [0, 0.05) is 13.1 Å². The summed E-state index contributed by atoms with van der Waals surface area (Å²) in [6.07, 6.45) is 5.00. The van der Waals surface area contributed by atoms with Gasteiger partial charge in [-0.05, 0) is 37.8 Å². The summed E-state index contributed by atoms with van der Waals surface area (Å²) in [6.45, 7) is 9.01. The molecule has 4 heteroatoms. The van der Waals surface area contributed by atoms with Gasteiger partial charge in [0.25, 0.3) is 0 Å². The second kappa shape index (κ2) is 8.48. The summed E-state index contributed by atoms with van der Waals surface area (Å²) in [4.78, 5) is 13.0. The van der Waals surface area contributed by atoms with Crippen LogP contribution in [0.3, 0.4) is 0 Å². The molecule has 106 valence electrons. The number of likely N-dealkylation sites (tertiary alicyclic amines) is 1. The van der Waals surface area contributed by atoms with Crippen molar-refractivity contribution in [3.05, 3.63) is 0 Å². The summed E-state index contributed by atoms with van der Waals surface area (Å²) in [5.41, 5.74) is 0. The molecule has 0 saturated carbocycles.